The van der Waals surface area contributed by atoms with Gasteiger partial charge in [0.15, 0.2) is 0 Å². The first-order valence-corrected chi connectivity index (χ1v) is 5.23. The first-order valence-electron chi connectivity index (χ1n) is 5.23. The molecule has 2 rings (SSSR count). The fraction of sp³-hybridized carbons (Fsp3) is 0.600. The molecular weight excluding hydrogens is 212 g/mol. The fourth-order valence-corrected chi connectivity index (χ4v) is 1.86. The first kappa shape index (κ1) is 11.1. The van der Waals surface area contributed by atoms with Crippen molar-refractivity contribution in [2.45, 2.75) is 38.2 Å². The molecule has 0 aromatic carbocycles. The summed E-state index contributed by atoms with van der Waals surface area (Å²) in [7, 11) is 0. The standard InChI is InChI=1S/C10H14N2O4/c1-6(13)7-2-3-9(16-7)12-5-4-8(14)11-10(12)15/h4-7,9,13H,2-3H2,1H3,(H,11,14,15)/t6-,7?,9+/m0/s1. The molecule has 16 heavy (non-hydrogen) atoms. The molecule has 0 radical (unpaired) electrons. The van der Waals surface area contributed by atoms with Crippen LogP contribution in [0.25, 0.3) is 0 Å². The van der Waals surface area contributed by atoms with Crippen LogP contribution in [-0.2, 0) is 4.74 Å². The maximum Gasteiger partial charge on any atom is 0.330 e. The minimum Gasteiger partial charge on any atom is -0.391 e. The second-order valence-corrected chi connectivity index (χ2v) is 3.96. The average molecular weight is 226 g/mol. The van der Waals surface area contributed by atoms with Gasteiger partial charge in [0.05, 0.1) is 12.2 Å². The third kappa shape index (κ3) is 2.07. The van der Waals surface area contributed by atoms with Gasteiger partial charge in [-0.05, 0) is 19.8 Å². The minimum atomic E-state index is -0.552. The number of aliphatic hydroxyl groups excluding tert-OH is 1. The Labute approximate surface area is 91.5 Å². The lowest BCUT2D eigenvalue weighted by Crippen LogP contribution is -2.32. The summed E-state index contributed by atoms with van der Waals surface area (Å²) in [6.45, 7) is 1.66. The van der Waals surface area contributed by atoms with E-state index in [0.29, 0.717) is 12.8 Å². The van der Waals surface area contributed by atoms with E-state index in [9.17, 15) is 14.7 Å². The summed E-state index contributed by atoms with van der Waals surface area (Å²) in [4.78, 5) is 24.5. The van der Waals surface area contributed by atoms with Gasteiger partial charge in [0.25, 0.3) is 5.56 Å². The van der Waals surface area contributed by atoms with Gasteiger partial charge in [0.1, 0.15) is 6.23 Å². The molecule has 1 aliphatic heterocycles. The Hall–Kier alpha value is -1.40. The molecule has 6 nitrogen and oxygen atoms in total. The van der Waals surface area contributed by atoms with E-state index in [1.807, 2.05) is 0 Å². The number of hydrogen-bond acceptors (Lipinski definition) is 4. The van der Waals surface area contributed by atoms with Gasteiger partial charge in [-0.15, -0.1) is 0 Å². The lowest BCUT2D eigenvalue weighted by molar-refractivity contribution is -0.0545. The van der Waals surface area contributed by atoms with Gasteiger partial charge < -0.3 is 9.84 Å². The Balaban J connectivity index is 2.21. The molecule has 0 saturated carbocycles. The summed E-state index contributed by atoms with van der Waals surface area (Å²) in [6.07, 6.45) is 1.57. The summed E-state index contributed by atoms with van der Waals surface area (Å²) < 4.78 is 6.86. The molecule has 1 aromatic heterocycles. The van der Waals surface area contributed by atoms with Crippen LogP contribution < -0.4 is 11.2 Å². The predicted molar refractivity (Wildman–Crippen MR) is 56.1 cm³/mol. The van der Waals surface area contributed by atoms with E-state index in [4.69, 9.17) is 4.74 Å². The van der Waals surface area contributed by atoms with Crippen molar-refractivity contribution in [3.8, 4) is 0 Å². The fourth-order valence-electron chi connectivity index (χ4n) is 1.86. The summed E-state index contributed by atoms with van der Waals surface area (Å²) in [5, 5.41) is 9.36. The van der Waals surface area contributed by atoms with E-state index < -0.39 is 23.6 Å². The molecule has 3 atom stereocenters. The van der Waals surface area contributed by atoms with Crippen molar-refractivity contribution < 1.29 is 9.84 Å². The van der Waals surface area contributed by atoms with Crippen molar-refractivity contribution in [3.05, 3.63) is 33.1 Å². The van der Waals surface area contributed by atoms with Gasteiger partial charge >= 0.3 is 5.69 Å². The number of ether oxygens (including phenoxy) is 1. The molecule has 0 spiro atoms. The third-order valence-electron chi connectivity index (χ3n) is 2.73. The van der Waals surface area contributed by atoms with E-state index in [1.54, 1.807) is 6.92 Å². The molecule has 6 heteroatoms. The van der Waals surface area contributed by atoms with E-state index in [-0.39, 0.29) is 6.10 Å². The van der Waals surface area contributed by atoms with Crippen molar-refractivity contribution in [1.82, 2.24) is 9.55 Å². The molecule has 88 valence electrons. The third-order valence-corrected chi connectivity index (χ3v) is 2.73. The van der Waals surface area contributed by atoms with Gasteiger partial charge in [0.2, 0.25) is 0 Å². The lowest BCUT2D eigenvalue weighted by Gasteiger charge is -2.16. The molecule has 0 amide bonds. The number of aromatic nitrogens is 2. The van der Waals surface area contributed by atoms with Crippen molar-refractivity contribution in [2.24, 2.45) is 0 Å². The maximum atomic E-state index is 11.5. The molecule has 1 unspecified atom stereocenters. The average Bonchev–Trinajstić information content (AvgIpc) is 2.66. The number of rotatable bonds is 2. The topological polar surface area (TPSA) is 84.3 Å². The molecule has 1 aliphatic rings. The maximum absolute atomic E-state index is 11.5. The Bertz CT molecular complexity index is 476. The Kier molecular flexibility index (Phi) is 2.93. The number of aliphatic hydroxyl groups is 1. The largest absolute Gasteiger partial charge is 0.391 e. The lowest BCUT2D eigenvalue weighted by atomic mass is 10.1. The molecule has 0 bridgehead atoms. The molecule has 1 saturated heterocycles. The number of nitrogens with zero attached hydrogens (tertiary/aromatic N) is 1. The Morgan fingerprint density at radius 2 is 2.31 bits per heavy atom. The Morgan fingerprint density at radius 1 is 1.56 bits per heavy atom. The number of H-pyrrole nitrogens is 1. The van der Waals surface area contributed by atoms with Crippen molar-refractivity contribution in [2.75, 3.05) is 0 Å². The van der Waals surface area contributed by atoms with Crippen LogP contribution in [0.3, 0.4) is 0 Å². The highest BCUT2D eigenvalue weighted by molar-refractivity contribution is 4.86. The zero-order chi connectivity index (χ0) is 11.7. The van der Waals surface area contributed by atoms with E-state index in [2.05, 4.69) is 4.98 Å². The van der Waals surface area contributed by atoms with Gasteiger partial charge in [-0.25, -0.2) is 4.79 Å². The summed E-state index contributed by atoms with van der Waals surface area (Å²) in [6, 6.07) is 1.28. The molecule has 0 aliphatic carbocycles. The van der Waals surface area contributed by atoms with Gasteiger partial charge in [-0.1, -0.05) is 0 Å². The van der Waals surface area contributed by atoms with Crippen LogP contribution in [0.5, 0.6) is 0 Å². The van der Waals surface area contributed by atoms with Crippen LogP contribution in [0.4, 0.5) is 0 Å². The SMILES string of the molecule is C[C@H](O)C1CC[C@H](n2ccc(=O)[nH]c2=O)O1. The molecule has 1 aromatic rings. The van der Waals surface area contributed by atoms with Crippen LogP contribution in [-0.4, -0.2) is 26.9 Å². The van der Waals surface area contributed by atoms with E-state index in [0.717, 1.165) is 0 Å². The number of aromatic amines is 1. The molecule has 2 N–H and O–H groups in total. The van der Waals surface area contributed by atoms with Crippen LogP contribution in [0.2, 0.25) is 0 Å². The zero-order valence-corrected chi connectivity index (χ0v) is 8.92. The number of nitrogens with one attached hydrogen (secondary N) is 1. The van der Waals surface area contributed by atoms with Gasteiger partial charge in [-0.2, -0.15) is 0 Å². The quantitative estimate of drug-likeness (QED) is 0.718. The smallest absolute Gasteiger partial charge is 0.330 e. The summed E-state index contributed by atoms with van der Waals surface area (Å²) in [5.41, 5.74) is -0.907. The van der Waals surface area contributed by atoms with E-state index in [1.165, 1.54) is 16.8 Å². The summed E-state index contributed by atoms with van der Waals surface area (Å²) in [5.74, 6) is 0. The normalized spacial score (nSPS) is 26.9. The van der Waals surface area contributed by atoms with E-state index >= 15 is 0 Å². The second kappa shape index (κ2) is 4.23. The molecule has 2 heterocycles. The minimum absolute atomic E-state index is 0.246. The van der Waals surface area contributed by atoms with Crippen molar-refractivity contribution in [1.29, 1.82) is 0 Å². The van der Waals surface area contributed by atoms with Crippen molar-refractivity contribution in [3.63, 3.8) is 0 Å². The van der Waals surface area contributed by atoms with Crippen LogP contribution in [0.1, 0.15) is 26.0 Å². The highest BCUT2D eigenvalue weighted by atomic mass is 16.5. The Morgan fingerprint density at radius 3 is 2.88 bits per heavy atom. The van der Waals surface area contributed by atoms with Crippen LogP contribution in [0.15, 0.2) is 21.9 Å². The number of hydrogen-bond donors (Lipinski definition) is 2. The highest BCUT2D eigenvalue weighted by Crippen LogP contribution is 2.28. The highest BCUT2D eigenvalue weighted by Gasteiger charge is 2.29. The monoisotopic (exact) mass is 226 g/mol. The van der Waals surface area contributed by atoms with Gasteiger partial charge in [0, 0.05) is 12.3 Å². The molecule has 1 fully saturated rings. The first-order chi connectivity index (χ1) is 7.58. The van der Waals surface area contributed by atoms with Gasteiger partial charge in [-0.3, -0.25) is 14.3 Å². The second-order valence-electron chi connectivity index (χ2n) is 3.96. The van der Waals surface area contributed by atoms with Crippen molar-refractivity contribution >= 4 is 0 Å². The predicted octanol–water partition coefficient (Wildman–Crippen LogP) is -0.405. The van der Waals surface area contributed by atoms with Crippen LogP contribution >= 0.6 is 0 Å². The molecular formula is C10H14N2O4. The zero-order valence-electron chi connectivity index (χ0n) is 8.92. The summed E-state index contributed by atoms with van der Waals surface area (Å²) >= 11 is 0. The van der Waals surface area contributed by atoms with Crippen LogP contribution in [0, 0.1) is 0 Å².